The van der Waals surface area contributed by atoms with Gasteiger partial charge in [-0.25, -0.2) is 4.39 Å². The monoisotopic (exact) mass is 450 g/mol. The van der Waals surface area contributed by atoms with Crippen molar-refractivity contribution in [3.05, 3.63) is 53.6 Å². The Hall–Kier alpha value is -4.08. The lowest BCUT2D eigenvalue weighted by molar-refractivity contribution is -0.117. The van der Waals surface area contributed by atoms with Crippen molar-refractivity contribution >= 4 is 34.7 Å². The number of carbonyl (C=O) groups is 2. The van der Waals surface area contributed by atoms with Crippen molar-refractivity contribution in [3.8, 4) is 11.3 Å². The molecule has 2 aliphatic rings. The summed E-state index contributed by atoms with van der Waals surface area (Å²) in [5.41, 5.74) is 3.33. The zero-order valence-corrected chi connectivity index (χ0v) is 17.6. The third-order valence-corrected chi connectivity index (χ3v) is 5.60. The zero-order valence-electron chi connectivity index (χ0n) is 20.6. The van der Waals surface area contributed by atoms with Gasteiger partial charge in [0.15, 0.2) is 11.5 Å². The summed E-state index contributed by atoms with van der Waals surface area (Å²) in [6.07, 6.45) is 2.75. The summed E-state index contributed by atoms with van der Waals surface area (Å²) >= 11 is 0. The lowest BCUT2D eigenvalue weighted by Gasteiger charge is -2.31. The Morgan fingerprint density at radius 2 is 2.06 bits per heavy atom. The average molecular weight is 450 g/mol. The molecule has 1 aromatic carbocycles. The summed E-state index contributed by atoms with van der Waals surface area (Å²) in [5.74, 6) is -1.52. The van der Waals surface area contributed by atoms with Gasteiger partial charge in [0.05, 0.1) is 29.0 Å². The van der Waals surface area contributed by atoms with E-state index in [-0.39, 0.29) is 29.0 Å². The minimum absolute atomic E-state index is 0.0751. The van der Waals surface area contributed by atoms with Crippen LogP contribution in [0.25, 0.3) is 11.3 Å². The predicted octanol–water partition coefficient (Wildman–Crippen LogP) is 3.08. The van der Waals surface area contributed by atoms with Crippen molar-refractivity contribution in [2.45, 2.75) is 19.4 Å². The molecule has 0 radical (unpaired) electrons. The van der Waals surface area contributed by atoms with Crippen molar-refractivity contribution in [1.29, 1.82) is 0 Å². The largest absolute Gasteiger partial charge is 0.368 e. The Morgan fingerprint density at radius 3 is 2.85 bits per heavy atom. The van der Waals surface area contributed by atoms with E-state index < -0.39 is 18.7 Å². The number of nitrogens with zero attached hydrogens (tertiary/aromatic N) is 4. The molecule has 1 fully saturated rings. The number of fused-ring (bicyclic) bond motifs is 3. The number of hydrogen-bond donors (Lipinski definition) is 3. The third-order valence-electron chi connectivity index (χ3n) is 5.60. The number of aromatic nitrogens is 3. The first-order valence-electron chi connectivity index (χ1n) is 11.9. The number of hydrogen-bond acceptors (Lipinski definition) is 7. The van der Waals surface area contributed by atoms with Crippen molar-refractivity contribution in [1.82, 2.24) is 20.5 Å². The van der Waals surface area contributed by atoms with Crippen molar-refractivity contribution in [2.24, 2.45) is 5.92 Å². The van der Waals surface area contributed by atoms with E-state index in [1.807, 2.05) is 23.3 Å². The van der Waals surface area contributed by atoms with Crippen molar-refractivity contribution in [3.63, 3.8) is 0 Å². The molecule has 2 aromatic heterocycles. The number of halogens is 1. The first-order chi connectivity index (χ1) is 17.1. The first kappa shape index (κ1) is 17.5. The molecule has 0 bridgehead atoms. The molecule has 2 amide bonds. The van der Waals surface area contributed by atoms with Gasteiger partial charge < -0.3 is 20.9 Å². The lowest BCUT2D eigenvalue weighted by Crippen LogP contribution is -2.24. The van der Waals surface area contributed by atoms with Gasteiger partial charge in [0, 0.05) is 47.8 Å². The van der Waals surface area contributed by atoms with Crippen LogP contribution in [0.4, 0.5) is 27.3 Å². The number of benzene rings is 1. The topological polar surface area (TPSA) is 112 Å². The highest BCUT2D eigenvalue weighted by Gasteiger charge is 2.30. The van der Waals surface area contributed by atoms with Crippen LogP contribution in [0, 0.1) is 11.7 Å². The summed E-state index contributed by atoms with van der Waals surface area (Å²) < 4.78 is 35.9. The minimum Gasteiger partial charge on any atom is -0.368 e. The summed E-state index contributed by atoms with van der Waals surface area (Å²) in [6, 6.07) is 8.29. The van der Waals surface area contributed by atoms with Crippen LogP contribution in [0.3, 0.4) is 0 Å². The average Bonchev–Trinajstić information content (AvgIpc) is 3.63. The van der Waals surface area contributed by atoms with Crippen LogP contribution in [-0.4, -0.2) is 41.0 Å². The molecule has 0 spiro atoms. The van der Waals surface area contributed by atoms with E-state index in [1.54, 1.807) is 12.1 Å². The van der Waals surface area contributed by atoms with E-state index in [1.165, 1.54) is 12.1 Å². The molecule has 3 aromatic rings. The fraction of sp³-hybridized carbons (Fsp3) is 0.261. The van der Waals surface area contributed by atoms with Crippen LogP contribution in [0.1, 0.15) is 33.0 Å². The van der Waals surface area contributed by atoms with E-state index in [2.05, 4.69) is 25.8 Å². The van der Waals surface area contributed by atoms with Crippen LogP contribution >= 0.6 is 0 Å². The van der Waals surface area contributed by atoms with Crippen LogP contribution in [0.2, 0.25) is 0 Å². The molecular formula is C23H22FN7O2. The second-order valence-corrected chi connectivity index (χ2v) is 8.05. The Balaban J connectivity index is 1.55. The quantitative estimate of drug-likeness (QED) is 0.548. The number of para-hydroxylation sites is 1. The second kappa shape index (κ2) is 8.12. The Morgan fingerprint density at radius 1 is 1.21 bits per heavy atom. The maximum atomic E-state index is 13.8. The number of carbonyl (C=O) groups excluding carboxylic acids is 2. The van der Waals surface area contributed by atoms with Gasteiger partial charge in [-0.2, -0.15) is 0 Å². The van der Waals surface area contributed by atoms with E-state index in [9.17, 15) is 14.0 Å². The molecule has 3 N–H and O–H groups in total. The third kappa shape index (κ3) is 3.95. The molecule has 168 valence electrons. The summed E-state index contributed by atoms with van der Waals surface area (Å²) in [4.78, 5) is 31.1. The molecule has 1 aliphatic heterocycles. The van der Waals surface area contributed by atoms with Gasteiger partial charge in [0.25, 0.3) is 5.91 Å². The standard InChI is InChI=1S/C23H22FN7O2/c1-25-23(33)20-17(9-18(29-30-20)28-22(32)12-6-7-12)27-16-5-3-4-15-19-13(8-14(24)10-26-19)11-31(2)21(15)16/h3-5,8-10,12H,6-7,11H2,1-2H3,(H,25,33)(H2,27,28,29,32)/i1D3. The van der Waals surface area contributed by atoms with Gasteiger partial charge in [0.2, 0.25) is 5.91 Å². The van der Waals surface area contributed by atoms with E-state index in [0.29, 0.717) is 17.9 Å². The molecule has 0 unspecified atom stereocenters. The fourth-order valence-corrected chi connectivity index (χ4v) is 3.92. The molecule has 10 heteroatoms. The van der Waals surface area contributed by atoms with Crippen LogP contribution in [0.5, 0.6) is 0 Å². The lowest BCUT2D eigenvalue weighted by atomic mass is 9.97. The Labute approximate surface area is 193 Å². The van der Waals surface area contributed by atoms with Gasteiger partial charge in [-0.05, 0) is 25.0 Å². The van der Waals surface area contributed by atoms with Crippen LogP contribution in [-0.2, 0) is 11.3 Å². The zero-order chi connectivity index (χ0) is 25.6. The maximum absolute atomic E-state index is 13.8. The van der Waals surface area contributed by atoms with Crippen molar-refractivity contribution < 1.29 is 18.1 Å². The molecule has 9 nitrogen and oxygen atoms in total. The minimum atomic E-state index is -2.73. The summed E-state index contributed by atoms with van der Waals surface area (Å²) in [7, 11) is 1.84. The number of amides is 2. The normalized spacial score (nSPS) is 15.9. The molecular weight excluding hydrogens is 425 g/mol. The molecule has 0 saturated heterocycles. The second-order valence-electron chi connectivity index (χ2n) is 8.05. The van der Waals surface area contributed by atoms with Gasteiger partial charge in [-0.15, -0.1) is 10.2 Å². The first-order valence-corrected chi connectivity index (χ1v) is 10.4. The highest BCUT2D eigenvalue weighted by Crippen LogP contribution is 2.43. The van der Waals surface area contributed by atoms with Gasteiger partial charge in [0.1, 0.15) is 5.82 Å². The highest BCUT2D eigenvalue weighted by atomic mass is 19.1. The van der Waals surface area contributed by atoms with Gasteiger partial charge in [-0.3, -0.25) is 14.6 Å². The van der Waals surface area contributed by atoms with Gasteiger partial charge >= 0.3 is 0 Å². The van der Waals surface area contributed by atoms with Crippen LogP contribution < -0.4 is 20.9 Å². The molecule has 33 heavy (non-hydrogen) atoms. The highest BCUT2D eigenvalue weighted by molar-refractivity contribution is 6.01. The van der Waals surface area contributed by atoms with E-state index >= 15 is 0 Å². The number of pyridine rings is 1. The van der Waals surface area contributed by atoms with Gasteiger partial charge in [-0.1, -0.05) is 12.1 Å². The maximum Gasteiger partial charge on any atom is 0.273 e. The van der Waals surface area contributed by atoms with Crippen molar-refractivity contribution in [2.75, 3.05) is 29.6 Å². The fourth-order valence-electron chi connectivity index (χ4n) is 3.92. The SMILES string of the molecule is [2H]C([2H])([2H])NC(=O)c1nnc(NC(=O)C2CC2)cc1Nc1cccc2c1N(C)Cc1cc(F)cnc1-2. The predicted molar refractivity (Wildman–Crippen MR) is 122 cm³/mol. The Kier molecular flexibility index (Phi) is 4.30. The molecule has 1 aliphatic carbocycles. The molecule has 0 atom stereocenters. The van der Waals surface area contributed by atoms with E-state index in [0.717, 1.165) is 35.9 Å². The summed E-state index contributed by atoms with van der Waals surface area (Å²) in [6.45, 7) is -2.33. The number of anilines is 4. The number of rotatable bonds is 5. The molecule has 1 saturated carbocycles. The Bertz CT molecular complexity index is 1380. The summed E-state index contributed by atoms with van der Waals surface area (Å²) in [5, 5.41) is 15.6. The number of nitrogens with one attached hydrogen (secondary N) is 3. The van der Waals surface area contributed by atoms with E-state index in [4.69, 9.17) is 4.11 Å². The molecule has 3 heterocycles. The smallest absolute Gasteiger partial charge is 0.273 e. The van der Waals surface area contributed by atoms with Crippen LogP contribution in [0.15, 0.2) is 36.5 Å². The molecule has 5 rings (SSSR count).